The second-order valence-electron chi connectivity index (χ2n) is 7.74. The molecule has 0 atom stereocenters. The highest BCUT2D eigenvalue weighted by molar-refractivity contribution is 7.97. The first-order valence-electron chi connectivity index (χ1n) is 10.9. The molecule has 0 N–H and O–H groups in total. The average Bonchev–Trinajstić information content (AvgIpc) is 2.82. The fourth-order valence-corrected chi connectivity index (χ4v) is 5.89. The zero-order valence-corrected chi connectivity index (χ0v) is 18.9. The molecule has 3 aromatic rings. The lowest BCUT2D eigenvalue weighted by Crippen LogP contribution is -2.19. The van der Waals surface area contributed by atoms with Crippen LogP contribution in [0.3, 0.4) is 0 Å². The SMILES string of the molecule is CC(=O)C=C([O-])C1CCCCC1.c1ccc([S+](c2ccccc2)c2ccccc2)cc1. The zero-order chi connectivity index (χ0) is 21.9. The minimum absolute atomic E-state index is 0.0146. The van der Waals surface area contributed by atoms with E-state index in [1.54, 1.807) is 0 Å². The molecule has 2 nitrogen and oxygen atoms in total. The van der Waals surface area contributed by atoms with Crippen molar-refractivity contribution in [3.63, 3.8) is 0 Å². The van der Waals surface area contributed by atoms with Gasteiger partial charge in [0.25, 0.3) is 0 Å². The van der Waals surface area contributed by atoms with E-state index in [0.29, 0.717) is 0 Å². The van der Waals surface area contributed by atoms with Crippen molar-refractivity contribution in [2.45, 2.75) is 53.7 Å². The fraction of sp³-hybridized carbons (Fsp3) is 0.250. The van der Waals surface area contributed by atoms with Crippen LogP contribution in [0.5, 0.6) is 0 Å². The van der Waals surface area contributed by atoms with Crippen LogP contribution >= 0.6 is 0 Å². The van der Waals surface area contributed by atoms with Crippen molar-refractivity contribution in [3.8, 4) is 0 Å². The van der Waals surface area contributed by atoms with Crippen LogP contribution in [-0.2, 0) is 15.7 Å². The summed E-state index contributed by atoms with van der Waals surface area (Å²) < 4.78 is 0. The number of hydrogen-bond acceptors (Lipinski definition) is 2. The molecule has 1 aliphatic carbocycles. The molecule has 1 aliphatic rings. The Morgan fingerprint density at radius 3 is 1.48 bits per heavy atom. The molecule has 4 rings (SSSR count). The van der Waals surface area contributed by atoms with Gasteiger partial charge in [-0.05, 0) is 68.2 Å². The van der Waals surface area contributed by atoms with Crippen LogP contribution in [0.2, 0.25) is 0 Å². The molecule has 0 saturated heterocycles. The van der Waals surface area contributed by atoms with E-state index in [4.69, 9.17) is 0 Å². The maximum absolute atomic E-state index is 11.3. The molecule has 0 heterocycles. The van der Waals surface area contributed by atoms with Gasteiger partial charge in [0.1, 0.15) is 0 Å². The molecule has 0 spiro atoms. The van der Waals surface area contributed by atoms with Crippen molar-refractivity contribution in [2.75, 3.05) is 0 Å². The molecular formula is C28H30O2S. The Hall–Kier alpha value is -2.78. The largest absolute Gasteiger partial charge is 0.875 e. The van der Waals surface area contributed by atoms with Gasteiger partial charge in [0.05, 0.1) is 10.9 Å². The first-order chi connectivity index (χ1) is 15.1. The summed E-state index contributed by atoms with van der Waals surface area (Å²) in [5.41, 5.74) is 0. The molecule has 0 unspecified atom stereocenters. The molecule has 3 aromatic carbocycles. The summed E-state index contributed by atoms with van der Waals surface area (Å²) in [6, 6.07) is 32.2. The molecular weight excluding hydrogens is 400 g/mol. The highest BCUT2D eigenvalue weighted by atomic mass is 32.2. The summed E-state index contributed by atoms with van der Waals surface area (Å²) in [7, 11) is -0.0146. The van der Waals surface area contributed by atoms with Crippen molar-refractivity contribution in [3.05, 3.63) is 103 Å². The van der Waals surface area contributed by atoms with Crippen molar-refractivity contribution in [2.24, 2.45) is 5.92 Å². The standard InChI is InChI=1S/C18H15S.C10H16O2/c1-4-10-16(11-5-1)19(17-12-6-2-7-13-17)18-14-8-3-9-15-18;1-8(11)7-10(12)9-5-3-2-4-6-9/h1-15H;7,9,12H,2-6H2,1H3/q+1;/p-1. The van der Waals surface area contributed by atoms with Crippen molar-refractivity contribution < 1.29 is 9.90 Å². The van der Waals surface area contributed by atoms with Gasteiger partial charge in [0.2, 0.25) is 0 Å². The lowest BCUT2D eigenvalue weighted by atomic mass is 9.87. The van der Waals surface area contributed by atoms with Crippen LogP contribution in [0.1, 0.15) is 39.0 Å². The molecule has 160 valence electrons. The van der Waals surface area contributed by atoms with E-state index in [1.807, 2.05) is 0 Å². The molecule has 0 aliphatic heterocycles. The fourth-order valence-electron chi connectivity index (χ4n) is 3.78. The highest BCUT2D eigenvalue weighted by Gasteiger charge is 2.27. The van der Waals surface area contributed by atoms with Gasteiger partial charge in [0.15, 0.2) is 20.5 Å². The van der Waals surface area contributed by atoms with Crippen molar-refractivity contribution in [1.29, 1.82) is 0 Å². The van der Waals surface area contributed by atoms with E-state index in [0.717, 1.165) is 25.7 Å². The van der Waals surface area contributed by atoms with E-state index in [2.05, 4.69) is 91.0 Å². The first-order valence-corrected chi connectivity index (χ1v) is 12.2. The van der Waals surface area contributed by atoms with Gasteiger partial charge >= 0.3 is 0 Å². The lowest BCUT2D eigenvalue weighted by molar-refractivity contribution is -0.316. The second-order valence-corrected chi connectivity index (χ2v) is 9.76. The first kappa shape index (κ1) is 22.9. The van der Waals surface area contributed by atoms with E-state index in [1.165, 1.54) is 34.1 Å². The van der Waals surface area contributed by atoms with Gasteiger partial charge in [-0.3, -0.25) is 4.79 Å². The molecule has 0 aromatic heterocycles. The molecule has 0 bridgehead atoms. The van der Waals surface area contributed by atoms with Crippen LogP contribution in [0.15, 0.2) is 118 Å². The van der Waals surface area contributed by atoms with Crippen molar-refractivity contribution >= 4 is 16.7 Å². The Labute approximate surface area is 189 Å². The number of carbonyl (C=O) groups excluding carboxylic acids is 1. The van der Waals surface area contributed by atoms with Crippen LogP contribution in [0.25, 0.3) is 0 Å². The Kier molecular flexibility index (Phi) is 8.99. The minimum atomic E-state index is -0.120. The topological polar surface area (TPSA) is 40.1 Å². The highest BCUT2D eigenvalue weighted by Crippen LogP contribution is 2.30. The zero-order valence-electron chi connectivity index (χ0n) is 18.1. The van der Waals surface area contributed by atoms with Crippen LogP contribution in [-0.4, -0.2) is 5.78 Å². The summed E-state index contributed by atoms with van der Waals surface area (Å²) in [4.78, 5) is 14.7. The maximum Gasteiger partial charge on any atom is 0.166 e. The normalized spacial score (nSPS) is 14.6. The minimum Gasteiger partial charge on any atom is -0.875 e. The third-order valence-corrected chi connectivity index (χ3v) is 7.52. The number of allylic oxidation sites excluding steroid dienone is 2. The van der Waals surface area contributed by atoms with Crippen LogP contribution in [0, 0.1) is 5.92 Å². The molecule has 1 fully saturated rings. The average molecular weight is 431 g/mol. The van der Waals surface area contributed by atoms with Gasteiger partial charge < -0.3 is 5.11 Å². The molecule has 0 amide bonds. The van der Waals surface area contributed by atoms with Gasteiger partial charge in [-0.1, -0.05) is 73.9 Å². The van der Waals surface area contributed by atoms with E-state index in [-0.39, 0.29) is 28.4 Å². The summed E-state index contributed by atoms with van der Waals surface area (Å²) in [6.07, 6.45) is 6.72. The number of benzene rings is 3. The third kappa shape index (κ3) is 7.15. The van der Waals surface area contributed by atoms with Gasteiger partial charge in [-0.25, -0.2) is 0 Å². The number of rotatable bonds is 5. The third-order valence-electron chi connectivity index (χ3n) is 5.29. The van der Waals surface area contributed by atoms with Crippen molar-refractivity contribution in [1.82, 2.24) is 0 Å². The van der Waals surface area contributed by atoms with E-state index in [9.17, 15) is 9.90 Å². The smallest absolute Gasteiger partial charge is 0.166 e. The summed E-state index contributed by atoms with van der Waals surface area (Å²) in [5, 5.41) is 11.3. The summed E-state index contributed by atoms with van der Waals surface area (Å²) in [5.74, 6) is 0.0652. The molecule has 1 saturated carbocycles. The maximum atomic E-state index is 11.3. The van der Waals surface area contributed by atoms with Gasteiger partial charge in [0, 0.05) is 0 Å². The van der Waals surface area contributed by atoms with Crippen LogP contribution in [0.4, 0.5) is 0 Å². The Morgan fingerprint density at radius 1 is 0.742 bits per heavy atom. The lowest BCUT2D eigenvalue weighted by Gasteiger charge is -2.27. The quantitative estimate of drug-likeness (QED) is 0.275. The summed E-state index contributed by atoms with van der Waals surface area (Å²) >= 11 is 0. The Bertz CT molecular complexity index is 852. The van der Waals surface area contributed by atoms with Crippen LogP contribution < -0.4 is 5.11 Å². The second kappa shape index (κ2) is 12.2. The predicted molar refractivity (Wildman–Crippen MR) is 127 cm³/mol. The van der Waals surface area contributed by atoms with Gasteiger partial charge in [-0.15, -0.1) is 5.76 Å². The van der Waals surface area contributed by atoms with E-state index < -0.39 is 0 Å². The molecule has 31 heavy (non-hydrogen) atoms. The number of ketones is 1. The Morgan fingerprint density at radius 2 is 1.13 bits per heavy atom. The number of hydrogen-bond donors (Lipinski definition) is 0. The van der Waals surface area contributed by atoms with E-state index >= 15 is 0 Å². The predicted octanol–water partition coefficient (Wildman–Crippen LogP) is 6.18. The molecule has 0 radical (unpaired) electrons. The monoisotopic (exact) mass is 430 g/mol. The van der Waals surface area contributed by atoms with Gasteiger partial charge in [-0.2, -0.15) is 0 Å². The Balaban J connectivity index is 0.000000196. The molecule has 3 heteroatoms. The number of carbonyl (C=O) groups is 1. The summed E-state index contributed by atoms with van der Waals surface area (Å²) in [6.45, 7) is 1.43.